The van der Waals surface area contributed by atoms with Crippen LogP contribution in [0, 0.1) is 0 Å². The summed E-state index contributed by atoms with van der Waals surface area (Å²) in [4.78, 5) is 0. The van der Waals surface area contributed by atoms with E-state index in [0.29, 0.717) is 0 Å². The monoisotopic (exact) mass is 645 g/mol. The van der Waals surface area contributed by atoms with Crippen molar-refractivity contribution in [3.05, 3.63) is 101 Å². The number of hydrogen-bond donors (Lipinski definition) is 0. The Kier molecular flexibility index (Phi) is 9.57. The maximum atomic E-state index is 13.6. The molecule has 0 bridgehead atoms. The Morgan fingerprint density at radius 2 is 1.12 bits per heavy atom. The van der Waals surface area contributed by atoms with Gasteiger partial charge in [0.15, 0.2) is 0 Å². The summed E-state index contributed by atoms with van der Waals surface area (Å²) in [7, 11) is 0. The molecule has 177 valence electrons. The summed E-state index contributed by atoms with van der Waals surface area (Å²) in [5.41, 5.74) is 1.48. The summed E-state index contributed by atoms with van der Waals surface area (Å²) in [5.74, 6) is 0. The predicted octanol–water partition coefficient (Wildman–Crippen LogP) is 8.59. The van der Waals surface area contributed by atoms with Crippen LogP contribution in [0.2, 0.25) is 13.9 Å². The van der Waals surface area contributed by atoms with Crippen LogP contribution >= 0.6 is 28.6 Å². The first-order chi connectivity index (χ1) is 14.9. The molecule has 0 saturated carbocycles. The first kappa shape index (κ1) is 28.3. The van der Waals surface area contributed by atoms with Crippen molar-refractivity contribution < 1.29 is 13.2 Å². The summed E-state index contributed by atoms with van der Waals surface area (Å²) >= 11 is 3.35. The predicted molar refractivity (Wildman–Crippen MR) is 141 cm³/mol. The molecule has 33 heavy (non-hydrogen) atoms. The molecule has 0 nitrogen and oxygen atoms in total. The molecule has 0 heterocycles. The minimum absolute atomic E-state index is 0. The normalized spacial score (nSPS) is 12.5. The van der Waals surface area contributed by atoms with E-state index in [2.05, 4.69) is 52.0 Å². The fraction of sp³-hybridized carbons (Fsp3) is 0.333. The van der Waals surface area contributed by atoms with Gasteiger partial charge in [-0.05, 0) is 0 Å². The van der Waals surface area contributed by atoms with Crippen LogP contribution in [-0.2, 0) is 17.0 Å². The summed E-state index contributed by atoms with van der Waals surface area (Å²) in [6.07, 6.45) is -4.45. The SMILES string of the molecule is Br.CC(C)([CH2][Sn]([CH2]C(C)(C)c1ccccc1)[c]1ccc(Cl)c(C(F)(F)F)c1)c1ccccc1. The van der Waals surface area contributed by atoms with Gasteiger partial charge < -0.3 is 0 Å². The quantitative estimate of drug-likeness (QED) is 0.226. The van der Waals surface area contributed by atoms with Crippen LogP contribution in [0.1, 0.15) is 44.4 Å². The molecule has 0 atom stereocenters. The summed E-state index contributed by atoms with van der Waals surface area (Å²) in [6.45, 7) is 8.83. The molecule has 1 radical (unpaired) electrons. The number of rotatable bonds is 7. The van der Waals surface area contributed by atoms with Crippen molar-refractivity contribution in [2.75, 3.05) is 0 Å². The van der Waals surface area contributed by atoms with E-state index >= 15 is 0 Å². The van der Waals surface area contributed by atoms with E-state index in [0.717, 1.165) is 12.5 Å². The molecule has 6 heteroatoms. The molecule has 0 unspecified atom stereocenters. The van der Waals surface area contributed by atoms with Crippen molar-refractivity contribution in [2.45, 2.75) is 53.6 Å². The molecule has 0 N–H and O–H groups in total. The fourth-order valence-corrected chi connectivity index (χ4v) is 15.2. The fourth-order valence-electron chi connectivity index (χ4n) is 4.28. The van der Waals surface area contributed by atoms with Crippen molar-refractivity contribution in [3.63, 3.8) is 0 Å². The van der Waals surface area contributed by atoms with Crippen LogP contribution in [0.25, 0.3) is 0 Å². The molecule has 0 spiro atoms. The van der Waals surface area contributed by atoms with Crippen molar-refractivity contribution in [1.82, 2.24) is 0 Å². The second kappa shape index (κ2) is 11.2. The number of hydrogen-bond acceptors (Lipinski definition) is 0. The zero-order valence-corrected chi connectivity index (χ0v) is 24.7. The van der Waals surface area contributed by atoms with Gasteiger partial charge in [0.25, 0.3) is 0 Å². The Labute approximate surface area is 218 Å². The van der Waals surface area contributed by atoms with E-state index < -0.39 is 31.5 Å². The van der Waals surface area contributed by atoms with E-state index in [4.69, 9.17) is 11.6 Å². The van der Waals surface area contributed by atoms with Crippen molar-refractivity contribution in [2.24, 2.45) is 0 Å². The molecule has 3 aromatic carbocycles. The van der Waals surface area contributed by atoms with Gasteiger partial charge in [-0.2, -0.15) is 0 Å². The van der Waals surface area contributed by atoms with Crippen LogP contribution in [0.3, 0.4) is 0 Å². The van der Waals surface area contributed by atoms with Crippen molar-refractivity contribution in [3.8, 4) is 0 Å². The van der Waals surface area contributed by atoms with E-state index in [9.17, 15) is 13.2 Å². The second-order valence-corrected chi connectivity index (χ2v) is 17.2. The maximum absolute atomic E-state index is 13.6. The molecule has 0 aliphatic carbocycles. The van der Waals surface area contributed by atoms with Gasteiger partial charge in [-0.25, -0.2) is 0 Å². The summed E-state index contributed by atoms with van der Waals surface area (Å²) in [6, 6.07) is 25.2. The standard InChI is InChI=1S/2C10H13.C7H3ClF3.BrH.Sn/c2*1-10(2,3)9-7-5-4-6-8-9;8-6-4-2-1-3-5(6)7(9,10)11;;/h2*4-8H,1H2,2-3H3;2-4H;1H;. The summed E-state index contributed by atoms with van der Waals surface area (Å²) < 4.78 is 43.6. The third-order valence-corrected chi connectivity index (χ3v) is 17.1. The van der Waals surface area contributed by atoms with E-state index in [1.165, 1.54) is 23.3 Å². The Morgan fingerprint density at radius 1 is 0.697 bits per heavy atom. The molecule has 0 aromatic heterocycles. The molecular formula is C27H30BrClF3Sn. The van der Waals surface area contributed by atoms with Gasteiger partial charge in [-0.1, -0.05) is 0 Å². The average molecular weight is 646 g/mol. The second-order valence-electron chi connectivity index (χ2n) is 9.65. The molecule has 0 aliphatic heterocycles. The van der Waals surface area contributed by atoms with Crippen LogP contribution in [0.4, 0.5) is 13.2 Å². The van der Waals surface area contributed by atoms with Gasteiger partial charge in [0.1, 0.15) is 0 Å². The van der Waals surface area contributed by atoms with Crippen LogP contribution in [-0.4, -0.2) is 19.8 Å². The van der Waals surface area contributed by atoms with E-state index in [1.54, 1.807) is 0 Å². The Morgan fingerprint density at radius 3 is 1.52 bits per heavy atom. The number of benzene rings is 3. The van der Waals surface area contributed by atoms with Gasteiger partial charge in [0, 0.05) is 0 Å². The number of alkyl halides is 3. The van der Waals surface area contributed by atoms with E-state index in [1.807, 2.05) is 42.5 Å². The summed E-state index contributed by atoms with van der Waals surface area (Å²) in [5, 5.41) is -0.228. The molecular weight excluding hydrogens is 615 g/mol. The molecule has 0 amide bonds. The molecule has 0 aliphatic rings. The van der Waals surface area contributed by atoms with Crippen molar-refractivity contribution in [1.29, 1.82) is 0 Å². The van der Waals surface area contributed by atoms with Gasteiger partial charge in [0.2, 0.25) is 0 Å². The first-order valence-corrected chi connectivity index (χ1v) is 16.6. The van der Waals surface area contributed by atoms with Crippen LogP contribution in [0.15, 0.2) is 78.9 Å². The topological polar surface area (TPSA) is 0 Å². The zero-order valence-electron chi connectivity index (χ0n) is 19.3. The minimum atomic E-state index is -4.45. The van der Waals surface area contributed by atoms with Gasteiger partial charge in [0.05, 0.1) is 0 Å². The molecule has 0 fully saturated rings. The third-order valence-electron chi connectivity index (χ3n) is 6.10. The van der Waals surface area contributed by atoms with Gasteiger partial charge in [-0.15, -0.1) is 17.0 Å². The van der Waals surface area contributed by atoms with E-state index in [-0.39, 0.29) is 32.8 Å². The zero-order chi connectivity index (χ0) is 23.6. The Hall–Kier alpha value is -0.981. The van der Waals surface area contributed by atoms with Crippen LogP contribution < -0.4 is 3.58 Å². The van der Waals surface area contributed by atoms with Gasteiger partial charge in [-0.3, -0.25) is 0 Å². The third kappa shape index (κ3) is 7.25. The Bertz CT molecular complexity index is 981. The van der Waals surface area contributed by atoms with Crippen molar-refractivity contribution >= 4 is 51.9 Å². The average Bonchev–Trinajstić information content (AvgIpc) is 2.74. The van der Waals surface area contributed by atoms with Crippen LogP contribution in [0.5, 0.6) is 0 Å². The molecule has 3 aromatic rings. The Balaban J connectivity index is 0.00000385. The molecule has 0 saturated heterocycles. The number of halogens is 5. The molecule has 3 rings (SSSR count). The first-order valence-electron chi connectivity index (χ1n) is 10.7. The van der Waals surface area contributed by atoms with Gasteiger partial charge >= 0.3 is 202 Å².